The Morgan fingerprint density at radius 1 is 1.30 bits per heavy atom. The standard InChI is InChI=1S/C25H36O5/c1-6-16(2)23(28)30-20-14-18(22(26)27)19(9-8-17-10-13-29-15-17)25(5)12-7-11-24(3,4)21(20)25/h10,13-16,19-21H,6-9,11-12H2,1-5H3,(H,26,27). The average molecular weight is 417 g/mol. The molecule has 30 heavy (non-hydrogen) atoms. The van der Waals surface area contributed by atoms with Crippen LogP contribution in [0.4, 0.5) is 0 Å². The predicted octanol–water partition coefficient (Wildman–Crippen LogP) is 5.64. The summed E-state index contributed by atoms with van der Waals surface area (Å²) in [5.74, 6) is -1.33. The third-order valence-corrected chi connectivity index (χ3v) is 7.75. The van der Waals surface area contributed by atoms with E-state index in [1.165, 1.54) is 0 Å². The van der Waals surface area contributed by atoms with Crippen molar-refractivity contribution in [3.8, 4) is 0 Å². The lowest BCUT2D eigenvalue weighted by atomic mass is 9.47. The van der Waals surface area contributed by atoms with E-state index in [0.717, 1.165) is 37.7 Å². The highest BCUT2D eigenvalue weighted by Gasteiger charge is 2.58. The fourth-order valence-corrected chi connectivity index (χ4v) is 6.05. The summed E-state index contributed by atoms with van der Waals surface area (Å²) >= 11 is 0. The van der Waals surface area contributed by atoms with Gasteiger partial charge < -0.3 is 14.3 Å². The Balaban J connectivity index is 2.01. The minimum absolute atomic E-state index is 0.0399. The maximum absolute atomic E-state index is 12.7. The first-order chi connectivity index (χ1) is 14.1. The lowest BCUT2D eigenvalue weighted by molar-refractivity contribution is -0.169. The smallest absolute Gasteiger partial charge is 0.331 e. The van der Waals surface area contributed by atoms with Crippen molar-refractivity contribution < 1.29 is 23.8 Å². The molecule has 5 atom stereocenters. The summed E-state index contributed by atoms with van der Waals surface area (Å²) in [5, 5.41) is 10.1. The van der Waals surface area contributed by atoms with Gasteiger partial charge in [0.1, 0.15) is 6.10 Å². The largest absolute Gasteiger partial charge is 0.478 e. The molecule has 0 aromatic carbocycles. The van der Waals surface area contributed by atoms with E-state index in [1.54, 1.807) is 18.6 Å². The van der Waals surface area contributed by atoms with E-state index in [2.05, 4.69) is 20.8 Å². The zero-order chi connectivity index (χ0) is 22.1. The number of carbonyl (C=O) groups excluding carboxylic acids is 1. The first-order valence-corrected chi connectivity index (χ1v) is 11.3. The number of rotatable bonds is 7. The van der Waals surface area contributed by atoms with Crippen LogP contribution in [-0.2, 0) is 20.7 Å². The number of ether oxygens (including phenoxy) is 1. The van der Waals surface area contributed by atoms with Gasteiger partial charge in [0.2, 0.25) is 0 Å². The van der Waals surface area contributed by atoms with Crippen molar-refractivity contribution in [2.24, 2.45) is 28.6 Å². The first kappa shape index (κ1) is 22.6. The summed E-state index contributed by atoms with van der Waals surface area (Å²) in [6, 6.07) is 1.94. The van der Waals surface area contributed by atoms with Gasteiger partial charge in [0, 0.05) is 11.5 Å². The lowest BCUT2D eigenvalue weighted by Gasteiger charge is -2.58. The van der Waals surface area contributed by atoms with Crippen LogP contribution in [0.2, 0.25) is 0 Å². The van der Waals surface area contributed by atoms with Gasteiger partial charge in [-0.25, -0.2) is 4.79 Å². The van der Waals surface area contributed by atoms with Gasteiger partial charge in [-0.1, -0.05) is 41.0 Å². The van der Waals surface area contributed by atoms with Gasteiger partial charge in [-0.15, -0.1) is 0 Å². The number of carboxylic acid groups (broad SMARTS) is 1. The molecule has 2 aliphatic rings. The number of esters is 1. The number of carboxylic acids is 1. The van der Waals surface area contributed by atoms with Gasteiger partial charge in [-0.2, -0.15) is 0 Å². The van der Waals surface area contributed by atoms with Crippen LogP contribution in [0.5, 0.6) is 0 Å². The molecule has 1 saturated carbocycles. The molecular formula is C25H36O5. The molecule has 2 aliphatic carbocycles. The third-order valence-electron chi connectivity index (χ3n) is 7.75. The third kappa shape index (κ3) is 4.21. The second-order valence-corrected chi connectivity index (χ2v) is 10.2. The van der Waals surface area contributed by atoms with E-state index in [0.29, 0.717) is 12.0 Å². The average Bonchev–Trinajstić information content (AvgIpc) is 3.18. The van der Waals surface area contributed by atoms with E-state index < -0.39 is 12.1 Å². The Morgan fingerprint density at radius 3 is 2.63 bits per heavy atom. The summed E-state index contributed by atoms with van der Waals surface area (Å²) in [4.78, 5) is 25.0. The van der Waals surface area contributed by atoms with E-state index >= 15 is 0 Å². The molecule has 1 N–H and O–H groups in total. The number of aliphatic carboxylic acids is 1. The lowest BCUT2D eigenvalue weighted by Crippen LogP contribution is -2.56. The molecule has 0 spiro atoms. The first-order valence-electron chi connectivity index (χ1n) is 11.3. The van der Waals surface area contributed by atoms with E-state index in [9.17, 15) is 14.7 Å². The second kappa shape index (κ2) is 8.60. The second-order valence-electron chi connectivity index (χ2n) is 10.2. The normalized spacial score (nSPS) is 31.4. The minimum atomic E-state index is -0.903. The van der Waals surface area contributed by atoms with E-state index in [4.69, 9.17) is 9.15 Å². The van der Waals surface area contributed by atoms with Crippen LogP contribution in [-0.4, -0.2) is 23.1 Å². The molecule has 0 radical (unpaired) electrons. The number of fused-ring (bicyclic) bond motifs is 1. The Hall–Kier alpha value is -2.04. The summed E-state index contributed by atoms with van der Waals surface area (Å²) in [6.45, 7) is 10.5. The van der Waals surface area contributed by atoms with Crippen LogP contribution in [0.1, 0.15) is 72.3 Å². The fraction of sp³-hybridized carbons (Fsp3) is 0.680. The number of furan rings is 1. The number of carbonyl (C=O) groups is 2. The van der Waals surface area contributed by atoms with Gasteiger partial charge >= 0.3 is 11.9 Å². The Kier molecular flexibility index (Phi) is 6.49. The van der Waals surface area contributed by atoms with Crippen molar-refractivity contribution >= 4 is 11.9 Å². The summed E-state index contributed by atoms with van der Waals surface area (Å²) in [5.41, 5.74) is 1.20. The molecule has 1 heterocycles. The highest BCUT2D eigenvalue weighted by Crippen LogP contribution is 2.61. The van der Waals surface area contributed by atoms with Crippen molar-refractivity contribution in [1.29, 1.82) is 0 Å². The minimum Gasteiger partial charge on any atom is -0.478 e. The van der Waals surface area contributed by atoms with Crippen molar-refractivity contribution in [2.75, 3.05) is 0 Å². The molecular weight excluding hydrogens is 380 g/mol. The van der Waals surface area contributed by atoms with Gasteiger partial charge in [-0.3, -0.25) is 4.79 Å². The van der Waals surface area contributed by atoms with E-state index in [-0.39, 0.29) is 34.6 Å². The number of aryl methyl sites for hydroxylation is 1. The molecule has 1 fully saturated rings. The Bertz CT molecular complexity index is 790. The zero-order valence-corrected chi connectivity index (χ0v) is 18.9. The summed E-state index contributed by atoms with van der Waals surface area (Å²) < 4.78 is 11.2. The molecule has 1 aromatic rings. The van der Waals surface area contributed by atoms with Crippen molar-refractivity contribution in [2.45, 2.75) is 79.2 Å². The highest BCUT2D eigenvalue weighted by atomic mass is 16.5. The van der Waals surface area contributed by atoms with Crippen LogP contribution < -0.4 is 0 Å². The number of hydrogen-bond acceptors (Lipinski definition) is 4. The van der Waals surface area contributed by atoms with Crippen LogP contribution in [0.3, 0.4) is 0 Å². The van der Waals surface area contributed by atoms with Gasteiger partial charge in [-0.05, 0) is 66.6 Å². The predicted molar refractivity (Wildman–Crippen MR) is 115 cm³/mol. The van der Waals surface area contributed by atoms with Gasteiger partial charge in [0.05, 0.1) is 18.4 Å². The SMILES string of the molecule is CCC(C)C(=O)OC1C=C(C(=O)O)C(CCc2ccoc2)C2(C)CCCC(C)(C)C12. The number of hydrogen-bond donors (Lipinski definition) is 1. The molecule has 5 heteroatoms. The molecule has 5 nitrogen and oxygen atoms in total. The Morgan fingerprint density at radius 2 is 2.03 bits per heavy atom. The quantitative estimate of drug-likeness (QED) is 0.582. The molecule has 0 amide bonds. The summed E-state index contributed by atoms with van der Waals surface area (Å²) in [6.07, 6.45) is 9.91. The molecule has 1 aromatic heterocycles. The Labute approximate surface area is 179 Å². The zero-order valence-electron chi connectivity index (χ0n) is 18.9. The van der Waals surface area contributed by atoms with Crippen molar-refractivity contribution in [3.05, 3.63) is 35.8 Å². The van der Waals surface area contributed by atoms with Crippen molar-refractivity contribution in [1.82, 2.24) is 0 Å². The maximum Gasteiger partial charge on any atom is 0.331 e. The molecule has 0 saturated heterocycles. The highest BCUT2D eigenvalue weighted by molar-refractivity contribution is 5.88. The molecule has 5 unspecified atom stereocenters. The molecule has 0 aliphatic heterocycles. The fourth-order valence-electron chi connectivity index (χ4n) is 6.05. The molecule has 0 bridgehead atoms. The topological polar surface area (TPSA) is 76.7 Å². The van der Waals surface area contributed by atoms with E-state index in [1.807, 2.05) is 19.9 Å². The maximum atomic E-state index is 12.7. The van der Waals surface area contributed by atoms with Gasteiger partial charge in [0.25, 0.3) is 0 Å². The van der Waals surface area contributed by atoms with Crippen LogP contribution in [0.25, 0.3) is 0 Å². The van der Waals surface area contributed by atoms with Crippen LogP contribution >= 0.6 is 0 Å². The summed E-state index contributed by atoms with van der Waals surface area (Å²) in [7, 11) is 0. The van der Waals surface area contributed by atoms with Crippen LogP contribution in [0.15, 0.2) is 34.7 Å². The van der Waals surface area contributed by atoms with Crippen LogP contribution in [0, 0.1) is 28.6 Å². The van der Waals surface area contributed by atoms with Crippen molar-refractivity contribution in [3.63, 3.8) is 0 Å². The molecule has 166 valence electrons. The van der Waals surface area contributed by atoms with Gasteiger partial charge in [0.15, 0.2) is 0 Å². The monoisotopic (exact) mass is 416 g/mol. The molecule has 3 rings (SSSR count).